The molecule has 1 saturated carbocycles. The van der Waals surface area contributed by atoms with Crippen LogP contribution in [0.25, 0.3) is 0 Å². The van der Waals surface area contributed by atoms with E-state index in [0.29, 0.717) is 12.0 Å². The van der Waals surface area contributed by atoms with E-state index in [2.05, 4.69) is 19.2 Å². The minimum atomic E-state index is -0.695. The lowest BCUT2D eigenvalue weighted by molar-refractivity contribution is 0.362. The fraction of sp³-hybridized carbons (Fsp3) is 1.00. The van der Waals surface area contributed by atoms with E-state index in [4.69, 9.17) is 0 Å². The van der Waals surface area contributed by atoms with Crippen molar-refractivity contribution in [1.29, 1.82) is 0 Å². The highest BCUT2D eigenvalue weighted by Crippen LogP contribution is 2.35. The van der Waals surface area contributed by atoms with Gasteiger partial charge in [0.2, 0.25) is 0 Å². The Kier molecular flexibility index (Phi) is 4.58. The molecule has 1 aliphatic rings. The van der Waals surface area contributed by atoms with Gasteiger partial charge in [-0.15, -0.1) is 0 Å². The Morgan fingerprint density at radius 1 is 1.36 bits per heavy atom. The lowest BCUT2D eigenvalue weighted by Crippen LogP contribution is -2.40. The molecular weight excluding hydrogens is 194 g/mol. The number of rotatable bonds is 6. The SMILES string of the molecule is CC(C)C(NCC(C)S(C)=O)C1CC1. The summed E-state index contributed by atoms with van der Waals surface area (Å²) in [5, 5.41) is 3.84. The predicted molar refractivity (Wildman–Crippen MR) is 62.9 cm³/mol. The Morgan fingerprint density at radius 3 is 2.29 bits per heavy atom. The standard InChI is InChI=1S/C11H23NOS/c1-8(2)11(10-5-6-10)12-7-9(3)14(4)13/h8-12H,5-7H2,1-4H3. The first-order chi connectivity index (χ1) is 6.52. The molecule has 0 heterocycles. The molecule has 84 valence electrons. The molecule has 0 aromatic carbocycles. The molecule has 0 aromatic heterocycles. The first-order valence-corrected chi connectivity index (χ1v) is 7.20. The predicted octanol–water partition coefficient (Wildman–Crippen LogP) is 1.78. The van der Waals surface area contributed by atoms with Gasteiger partial charge in [0, 0.05) is 34.9 Å². The maximum absolute atomic E-state index is 11.2. The van der Waals surface area contributed by atoms with Crippen molar-refractivity contribution >= 4 is 10.8 Å². The van der Waals surface area contributed by atoms with E-state index in [0.717, 1.165) is 12.5 Å². The normalized spacial score (nSPS) is 23.5. The van der Waals surface area contributed by atoms with Crippen molar-refractivity contribution in [3.63, 3.8) is 0 Å². The maximum atomic E-state index is 11.2. The third kappa shape index (κ3) is 3.70. The Hall–Kier alpha value is 0.110. The third-order valence-electron chi connectivity index (χ3n) is 3.06. The van der Waals surface area contributed by atoms with Gasteiger partial charge in [-0.1, -0.05) is 13.8 Å². The molecule has 0 amide bonds. The van der Waals surface area contributed by atoms with Crippen molar-refractivity contribution in [2.45, 2.75) is 44.9 Å². The second-order valence-corrected chi connectivity index (χ2v) is 6.63. The van der Waals surface area contributed by atoms with Crippen LogP contribution in [0.4, 0.5) is 0 Å². The van der Waals surface area contributed by atoms with E-state index in [1.54, 1.807) is 6.26 Å². The molecule has 1 aliphatic carbocycles. The van der Waals surface area contributed by atoms with E-state index < -0.39 is 10.8 Å². The van der Waals surface area contributed by atoms with Crippen LogP contribution in [-0.2, 0) is 10.8 Å². The first kappa shape index (κ1) is 12.2. The highest BCUT2D eigenvalue weighted by Gasteiger charge is 2.32. The van der Waals surface area contributed by atoms with Crippen molar-refractivity contribution in [1.82, 2.24) is 5.32 Å². The summed E-state index contributed by atoms with van der Waals surface area (Å²) >= 11 is 0. The van der Waals surface area contributed by atoms with Crippen LogP contribution in [0.15, 0.2) is 0 Å². The second kappa shape index (κ2) is 5.26. The first-order valence-electron chi connectivity index (χ1n) is 5.58. The summed E-state index contributed by atoms with van der Waals surface area (Å²) in [5.74, 6) is 1.58. The average molecular weight is 217 g/mol. The smallest absolute Gasteiger partial charge is 0.0441 e. The summed E-state index contributed by atoms with van der Waals surface area (Å²) in [5.41, 5.74) is 0. The van der Waals surface area contributed by atoms with Crippen molar-refractivity contribution in [3.05, 3.63) is 0 Å². The monoisotopic (exact) mass is 217 g/mol. The van der Waals surface area contributed by atoms with E-state index in [9.17, 15) is 4.21 Å². The highest BCUT2D eigenvalue weighted by atomic mass is 32.2. The molecule has 0 aromatic rings. The molecule has 0 bridgehead atoms. The van der Waals surface area contributed by atoms with Gasteiger partial charge in [-0.3, -0.25) is 4.21 Å². The second-order valence-electron chi connectivity index (χ2n) is 4.82. The maximum Gasteiger partial charge on any atom is 0.0441 e. The van der Waals surface area contributed by atoms with Gasteiger partial charge in [0.05, 0.1) is 0 Å². The molecule has 0 aliphatic heterocycles. The molecule has 1 fully saturated rings. The van der Waals surface area contributed by atoms with Gasteiger partial charge in [-0.2, -0.15) is 0 Å². The minimum absolute atomic E-state index is 0.273. The van der Waals surface area contributed by atoms with Gasteiger partial charge in [-0.05, 0) is 31.6 Å². The molecule has 3 unspecified atom stereocenters. The van der Waals surface area contributed by atoms with Crippen LogP contribution in [0.2, 0.25) is 0 Å². The number of hydrogen-bond donors (Lipinski definition) is 1. The zero-order valence-corrected chi connectivity index (χ0v) is 10.6. The van der Waals surface area contributed by atoms with Crippen LogP contribution in [0.1, 0.15) is 33.6 Å². The lowest BCUT2D eigenvalue weighted by Gasteiger charge is -2.23. The third-order valence-corrected chi connectivity index (χ3v) is 4.36. The van der Waals surface area contributed by atoms with E-state index in [1.807, 2.05) is 6.92 Å². The van der Waals surface area contributed by atoms with Gasteiger partial charge in [-0.25, -0.2) is 0 Å². The van der Waals surface area contributed by atoms with Gasteiger partial charge in [0.25, 0.3) is 0 Å². The number of hydrogen-bond acceptors (Lipinski definition) is 2. The highest BCUT2D eigenvalue weighted by molar-refractivity contribution is 7.84. The van der Waals surface area contributed by atoms with E-state index in [1.165, 1.54) is 12.8 Å². The van der Waals surface area contributed by atoms with Gasteiger partial charge >= 0.3 is 0 Å². The van der Waals surface area contributed by atoms with Crippen LogP contribution in [0.3, 0.4) is 0 Å². The summed E-state index contributed by atoms with van der Waals surface area (Å²) in [6.07, 6.45) is 4.53. The van der Waals surface area contributed by atoms with Crippen LogP contribution < -0.4 is 5.32 Å². The summed E-state index contributed by atoms with van der Waals surface area (Å²) in [6, 6.07) is 0.640. The van der Waals surface area contributed by atoms with Gasteiger partial charge in [0.15, 0.2) is 0 Å². The van der Waals surface area contributed by atoms with E-state index >= 15 is 0 Å². The van der Waals surface area contributed by atoms with Crippen LogP contribution in [-0.4, -0.2) is 28.3 Å². The van der Waals surface area contributed by atoms with E-state index in [-0.39, 0.29) is 5.25 Å². The zero-order valence-electron chi connectivity index (χ0n) is 9.75. The molecule has 3 atom stereocenters. The molecule has 0 saturated heterocycles. The quantitative estimate of drug-likeness (QED) is 0.735. The Labute approximate surface area is 90.3 Å². The fourth-order valence-corrected chi connectivity index (χ4v) is 2.15. The molecule has 0 radical (unpaired) electrons. The van der Waals surface area contributed by atoms with Crippen LogP contribution in [0, 0.1) is 11.8 Å². The van der Waals surface area contributed by atoms with Crippen molar-refractivity contribution < 1.29 is 4.21 Å². The van der Waals surface area contributed by atoms with Crippen molar-refractivity contribution in [3.8, 4) is 0 Å². The van der Waals surface area contributed by atoms with Crippen molar-refractivity contribution in [2.75, 3.05) is 12.8 Å². The van der Waals surface area contributed by atoms with Crippen LogP contribution in [0.5, 0.6) is 0 Å². The summed E-state index contributed by atoms with van der Waals surface area (Å²) in [6.45, 7) is 7.48. The Balaban J connectivity index is 2.29. The summed E-state index contributed by atoms with van der Waals surface area (Å²) < 4.78 is 11.2. The molecule has 3 heteroatoms. The van der Waals surface area contributed by atoms with Gasteiger partial charge < -0.3 is 5.32 Å². The topological polar surface area (TPSA) is 29.1 Å². The molecular formula is C11H23NOS. The number of nitrogens with one attached hydrogen (secondary N) is 1. The molecule has 1 N–H and O–H groups in total. The zero-order chi connectivity index (χ0) is 10.7. The average Bonchev–Trinajstić information content (AvgIpc) is 2.87. The molecule has 1 rings (SSSR count). The fourth-order valence-electron chi connectivity index (χ4n) is 1.82. The van der Waals surface area contributed by atoms with Crippen molar-refractivity contribution in [2.24, 2.45) is 11.8 Å². The Morgan fingerprint density at radius 2 is 1.93 bits per heavy atom. The summed E-state index contributed by atoms with van der Waals surface area (Å²) in [7, 11) is -0.695. The lowest BCUT2D eigenvalue weighted by atomic mass is 9.99. The largest absolute Gasteiger partial charge is 0.312 e. The molecule has 14 heavy (non-hydrogen) atoms. The van der Waals surface area contributed by atoms with Gasteiger partial charge in [0.1, 0.15) is 0 Å². The van der Waals surface area contributed by atoms with Crippen LogP contribution >= 0.6 is 0 Å². The minimum Gasteiger partial charge on any atom is -0.312 e. The Bertz CT molecular complexity index is 199. The molecule has 2 nitrogen and oxygen atoms in total. The molecule has 0 spiro atoms. The summed E-state index contributed by atoms with van der Waals surface area (Å²) in [4.78, 5) is 0.